The molecule has 250 valence electrons. The number of nitrogens with zero attached hydrogens (tertiary/aromatic N) is 8. The number of nitriles is 1. The first kappa shape index (κ1) is 29.9. The van der Waals surface area contributed by atoms with Gasteiger partial charge in [0.15, 0.2) is 22.9 Å². The van der Waals surface area contributed by atoms with Crippen molar-refractivity contribution in [3.05, 3.63) is 40.1 Å². The van der Waals surface area contributed by atoms with Crippen LogP contribution in [0.1, 0.15) is 99.3 Å². The molecule has 12 heteroatoms. The van der Waals surface area contributed by atoms with Crippen molar-refractivity contribution in [3.63, 3.8) is 0 Å². The third kappa shape index (κ3) is 4.26. The topological polar surface area (TPSA) is 155 Å². The Labute approximate surface area is 279 Å². The van der Waals surface area contributed by atoms with Gasteiger partial charge in [0.25, 0.3) is 0 Å². The summed E-state index contributed by atoms with van der Waals surface area (Å²) >= 11 is 0. The van der Waals surface area contributed by atoms with Gasteiger partial charge < -0.3 is 29.9 Å². The van der Waals surface area contributed by atoms with Crippen molar-refractivity contribution in [2.24, 2.45) is 0 Å². The molecule has 2 fully saturated rings. The number of fused-ring (bicyclic) bond motifs is 6. The number of aromatic nitrogens is 5. The highest BCUT2D eigenvalue weighted by Crippen LogP contribution is 2.53. The quantitative estimate of drug-likeness (QED) is 0.298. The molecular weight excluding hydrogens is 606 g/mol. The lowest BCUT2D eigenvalue weighted by Crippen LogP contribution is -2.53. The van der Waals surface area contributed by atoms with Gasteiger partial charge in [-0.3, -0.25) is 0 Å². The number of nitrogens with two attached hydrogens (primary N) is 1. The number of likely N-dealkylation sites (N-methyl/N-ethyl adjacent to an activating group) is 1. The Bertz CT molecular complexity index is 1990. The zero-order valence-electron chi connectivity index (χ0n) is 28.0. The number of ether oxygens (including phenoxy) is 1. The van der Waals surface area contributed by atoms with Crippen LogP contribution in [-0.2, 0) is 18.3 Å². The summed E-state index contributed by atoms with van der Waals surface area (Å²) in [6, 6.07) is 6.80. The van der Waals surface area contributed by atoms with Crippen LogP contribution in [0.2, 0.25) is 0 Å². The molecule has 1 aromatic carbocycles. The molecule has 2 saturated heterocycles. The van der Waals surface area contributed by atoms with Gasteiger partial charge in [0.1, 0.15) is 23.9 Å². The molecule has 9 rings (SSSR count). The van der Waals surface area contributed by atoms with Gasteiger partial charge in [-0.05, 0) is 109 Å². The van der Waals surface area contributed by atoms with E-state index in [2.05, 4.69) is 35.9 Å². The van der Waals surface area contributed by atoms with E-state index in [1.807, 2.05) is 17.7 Å². The molecule has 0 radical (unpaired) electrons. The molecular formula is C36H43N9O3. The van der Waals surface area contributed by atoms with Crippen LogP contribution < -0.4 is 15.4 Å². The highest BCUT2D eigenvalue weighted by atomic mass is 16.5. The number of likely N-dealkylation sites (tertiary alicyclic amines) is 1. The highest BCUT2D eigenvalue weighted by molar-refractivity contribution is 5.94. The Morgan fingerprint density at radius 3 is 2.75 bits per heavy atom. The molecule has 3 aliphatic heterocycles. The summed E-state index contributed by atoms with van der Waals surface area (Å²) in [5, 5.41) is 32.1. The van der Waals surface area contributed by atoms with E-state index in [1.54, 1.807) is 0 Å². The summed E-state index contributed by atoms with van der Waals surface area (Å²) in [6.45, 7) is 6.08. The minimum absolute atomic E-state index is 0.0516. The molecule has 12 nitrogen and oxygen atoms in total. The third-order valence-corrected chi connectivity index (χ3v) is 12.1. The molecule has 5 aliphatic rings. The first-order valence-electron chi connectivity index (χ1n) is 17.6. The molecule has 0 saturated carbocycles. The summed E-state index contributed by atoms with van der Waals surface area (Å²) in [6.07, 6.45) is 9.07. The van der Waals surface area contributed by atoms with Crippen molar-refractivity contribution in [1.29, 1.82) is 5.26 Å². The fourth-order valence-electron chi connectivity index (χ4n) is 9.70. The zero-order valence-corrected chi connectivity index (χ0v) is 28.0. The average Bonchev–Trinajstić information content (AvgIpc) is 3.78. The Morgan fingerprint density at radius 2 is 1.96 bits per heavy atom. The SMILES string of the molecule is CC(C1CCCN1C)n1nc2c3c(nc(-c4noc5c4CCCC54CCCc5ccc(N)c(C#N)c54)nc31)N1CC(C)(O)CCC1CO2. The summed E-state index contributed by atoms with van der Waals surface area (Å²) in [5.41, 5.74) is 10.7. The van der Waals surface area contributed by atoms with Gasteiger partial charge >= 0.3 is 0 Å². The Hall–Kier alpha value is -4.21. The van der Waals surface area contributed by atoms with Crippen LogP contribution in [0, 0.1) is 11.3 Å². The minimum atomic E-state index is -0.859. The van der Waals surface area contributed by atoms with E-state index in [1.165, 1.54) is 5.56 Å². The molecule has 0 bridgehead atoms. The van der Waals surface area contributed by atoms with Gasteiger partial charge in [0.05, 0.1) is 28.7 Å². The number of anilines is 2. The lowest BCUT2D eigenvalue weighted by Gasteiger charge is -2.42. The lowest BCUT2D eigenvalue weighted by atomic mass is 9.61. The van der Waals surface area contributed by atoms with Crippen LogP contribution in [0.25, 0.3) is 22.6 Å². The van der Waals surface area contributed by atoms with Crippen LogP contribution in [0.15, 0.2) is 16.7 Å². The largest absolute Gasteiger partial charge is 0.474 e. The van der Waals surface area contributed by atoms with E-state index < -0.39 is 11.0 Å². The molecule has 5 atom stereocenters. The molecule has 1 spiro atoms. The predicted octanol–water partition coefficient (Wildman–Crippen LogP) is 4.66. The van der Waals surface area contributed by atoms with Crippen molar-refractivity contribution in [2.75, 3.05) is 37.4 Å². The Morgan fingerprint density at radius 1 is 1.12 bits per heavy atom. The van der Waals surface area contributed by atoms with Crippen molar-refractivity contribution in [1.82, 2.24) is 29.8 Å². The number of rotatable bonds is 3. The normalized spacial score (nSPS) is 28.8. The lowest BCUT2D eigenvalue weighted by molar-refractivity contribution is 0.0321. The number of hydrogen-bond donors (Lipinski definition) is 2. The molecule has 48 heavy (non-hydrogen) atoms. The first-order valence-corrected chi connectivity index (χ1v) is 17.6. The molecule has 3 aromatic heterocycles. The fraction of sp³-hybridized carbons (Fsp3) is 0.583. The molecule has 4 aromatic rings. The van der Waals surface area contributed by atoms with E-state index in [9.17, 15) is 10.4 Å². The average molecular weight is 650 g/mol. The number of piperidine rings is 1. The monoisotopic (exact) mass is 649 g/mol. The standard InChI is InChI=1S/C36H43N9O3/c1-20(26-9-6-16-43(26)3)45-33-27-32(44-19-35(2,46)15-12-22(44)18-47-34(27)41-45)39-31(40-33)29-23-8-5-14-36(30(23)48-42-29)13-4-7-21-10-11-25(38)24(17-37)28(21)36/h10-11,20,22,26,46H,4-9,12-16,18-19,38H2,1-3H3. The molecule has 3 N–H and O–H groups in total. The maximum atomic E-state index is 11.3. The van der Waals surface area contributed by atoms with Crippen LogP contribution in [0.5, 0.6) is 5.88 Å². The highest BCUT2D eigenvalue weighted by Gasteiger charge is 2.48. The number of hydrogen-bond acceptors (Lipinski definition) is 11. The van der Waals surface area contributed by atoms with Crippen molar-refractivity contribution in [2.45, 2.75) is 107 Å². The van der Waals surface area contributed by atoms with E-state index in [4.69, 9.17) is 35.2 Å². The number of aliphatic hydroxyl groups is 1. The van der Waals surface area contributed by atoms with Gasteiger partial charge in [0.2, 0.25) is 5.88 Å². The van der Waals surface area contributed by atoms with Crippen LogP contribution in [0.3, 0.4) is 0 Å². The Kier molecular flexibility index (Phi) is 6.63. The van der Waals surface area contributed by atoms with Crippen molar-refractivity contribution >= 4 is 22.5 Å². The molecule has 0 amide bonds. The van der Waals surface area contributed by atoms with Crippen LogP contribution in [-0.4, -0.2) is 79.3 Å². The smallest absolute Gasteiger partial charge is 0.246 e. The predicted molar refractivity (Wildman–Crippen MR) is 180 cm³/mol. The van der Waals surface area contributed by atoms with Crippen LogP contribution in [0.4, 0.5) is 11.5 Å². The Balaban J connectivity index is 1.25. The third-order valence-electron chi connectivity index (χ3n) is 12.1. The van der Waals surface area contributed by atoms with Gasteiger partial charge in [-0.2, -0.15) is 5.26 Å². The van der Waals surface area contributed by atoms with E-state index in [-0.39, 0.29) is 12.1 Å². The number of nitrogen functional groups attached to an aromatic ring is 1. The second-order valence-corrected chi connectivity index (χ2v) is 15.2. The van der Waals surface area contributed by atoms with Crippen LogP contribution >= 0.6 is 0 Å². The number of benzene rings is 1. The zero-order chi connectivity index (χ0) is 32.9. The second-order valence-electron chi connectivity index (χ2n) is 15.2. The first-order chi connectivity index (χ1) is 23.2. The molecule has 2 aliphatic carbocycles. The van der Waals surface area contributed by atoms with Crippen molar-refractivity contribution in [3.8, 4) is 23.5 Å². The summed E-state index contributed by atoms with van der Waals surface area (Å²) < 4.78 is 14.8. The number of aryl methyl sites for hydroxylation is 1. The molecule has 5 unspecified atom stereocenters. The van der Waals surface area contributed by atoms with E-state index in [0.717, 1.165) is 92.4 Å². The summed E-state index contributed by atoms with van der Waals surface area (Å²) in [7, 11) is 2.18. The fourth-order valence-corrected chi connectivity index (χ4v) is 9.70. The van der Waals surface area contributed by atoms with Gasteiger partial charge in [0, 0.05) is 23.8 Å². The van der Waals surface area contributed by atoms with E-state index >= 15 is 0 Å². The van der Waals surface area contributed by atoms with Crippen molar-refractivity contribution < 1.29 is 14.4 Å². The second kappa shape index (κ2) is 10.6. The summed E-state index contributed by atoms with van der Waals surface area (Å²) in [4.78, 5) is 15.1. The molecule has 6 heterocycles. The maximum Gasteiger partial charge on any atom is 0.246 e. The maximum absolute atomic E-state index is 11.3. The van der Waals surface area contributed by atoms with E-state index in [0.29, 0.717) is 59.9 Å². The van der Waals surface area contributed by atoms with Gasteiger partial charge in [-0.15, -0.1) is 5.10 Å². The van der Waals surface area contributed by atoms with Gasteiger partial charge in [-0.1, -0.05) is 11.2 Å². The van der Waals surface area contributed by atoms with Gasteiger partial charge in [-0.25, -0.2) is 14.6 Å². The summed E-state index contributed by atoms with van der Waals surface area (Å²) in [5.74, 6) is 2.60. The minimum Gasteiger partial charge on any atom is -0.474 e.